The quantitative estimate of drug-likeness (QED) is 0.581. The Morgan fingerprint density at radius 3 is 2.76 bits per heavy atom. The number of esters is 1. The lowest BCUT2D eigenvalue weighted by Gasteiger charge is -2.02. The summed E-state index contributed by atoms with van der Waals surface area (Å²) in [6.45, 7) is 2.33. The highest BCUT2D eigenvalue weighted by molar-refractivity contribution is 7.98. The van der Waals surface area contributed by atoms with E-state index in [0.29, 0.717) is 6.61 Å². The molecule has 1 heterocycles. The Morgan fingerprint density at radius 2 is 2.10 bits per heavy atom. The predicted molar refractivity (Wildman–Crippen MR) is 81.4 cm³/mol. The van der Waals surface area contributed by atoms with Crippen molar-refractivity contribution in [3.8, 4) is 5.75 Å². The van der Waals surface area contributed by atoms with Crippen molar-refractivity contribution in [2.45, 2.75) is 24.1 Å². The smallest absolute Gasteiger partial charge is 0.327 e. The molecule has 0 aliphatic rings. The van der Waals surface area contributed by atoms with E-state index in [-0.39, 0.29) is 12.5 Å². The molecule has 21 heavy (non-hydrogen) atoms. The van der Waals surface area contributed by atoms with Crippen LogP contribution in [0.1, 0.15) is 12.5 Å². The summed E-state index contributed by atoms with van der Waals surface area (Å²) in [6, 6.07) is 7.96. The van der Waals surface area contributed by atoms with Crippen molar-refractivity contribution < 1.29 is 14.3 Å². The summed E-state index contributed by atoms with van der Waals surface area (Å²) in [4.78, 5) is 12.4. The van der Waals surface area contributed by atoms with E-state index < -0.39 is 0 Å². The van der Waals surface area contributed by atoms with Crippen molar-refractivity contribution >= 4 is 17.7 Å². The highest BCUT2D eigenvalue weighted by atomic mass is 32.2. The number of benzene rings is 1. The Kier molecular flexibility index (Phi) is 5.68. The molecule has 0 saturated carbocycles. The number of ether oxygens (including phenoxy) is 2. The van der Waals surface area contributed by atoms with Crippen LogP contribution in [0.25, 0.3) is 0 Å². The number of carbonyl (C=O) groups excluding carboxylic acids is 1. The number of methoxy groups -OCH3 is 1. The summed E-state index contributed by atoms with van der Waals surface area (Å²) in [5, 5.41) is 4.15. The molecule has 0 spiro atoms. The third-order valence-corrected chi connectivity index (χ3v) is 3.79. The summed E-state index contributed by atoms with van der Waals surface area (Å²) < 4.78 is 11.6. The maximum atomic E-state index is 11.4. The second kappa shape index (κ2) is 7.73. The molecule has 5 nitrogen and oxygen atoms in total. The molecule has 0 saturated heterocycles. The van der Waals surface area contributed by atoms with Crippen molar-refractivity contribution in [3.63, 3.8) is 0 Å². The first kappa shape index (κ1) is 15.4. The predicted octanol–water partition coefficient (Wildman–Crippen LogP) is 2.75. The minimum absolute atomic E-state index is 0.150. The van der Waals surface area contributed by atoms with Crippen molar-refractivity contribution in [3.05, 3.63) is 42.2 Å². The van der Waals surface area contributed by atoms with E-state index >= 15 is 0 Å². The monoisotopic (exact) mass is 306 g/mol. The molecule has 1 aromatic heterocycles. The lowest BCUT2D eigenvalue weighted by Crippen LogP contribution is -2.13. The van der Waals surface area contributed by atoms with Crippen molar-refractivity contribution in [1.29, 1.82) is 0 Å². The summed E-state index contributed by atoms with van der Waals surface area (Å²) in [7, 11) is 1.65. The first-order chi connectivity index (χ1) is 10.2. The van der Waals surface area contributed by atoms with E-state index in [1.807, 2.05) is 30.5 Å². The van der Waals surface area contributed by atoms with Gasteiger partial charge in [-0.25, -0.2) is 0 Å². The van der Waals surface area contributed by atoms with Crippen LogP contribution in [-0.2, 0) is 21.8 Å². The average molecular weight is 306 g/mol. The van der Waals surface area contributed by atoms with Gasteiger partial charge in [-0.3, -0.25) is 9.48 Å². The zero-order valence-corrected chi connectivity index (χ0v) is 12.9. The molecular formula is C15H18N2O3S. The Bertz CT molecular complexity index is 581. The van der Waals surface area contributed by atoms with E-state index in [0.717, 1.165) is 16.4 Å². The lowest BCUT2D eigenvalue weighted by atomic mass is 10.2. The van der Waals surface area contributed by atoms with Crippen molar-refractivity contribution in [2.75, 3.05) is 13.7 Å². The summed E-state index contributed by atoms with van der Waals surface area (Å²) in [6.07, 6.45) is 3.61. The SMILES string of the molecule is CCOC(=O)Cn1cc(SCc2ccc(OC)cc2)cn1. The van der Waals surface area contributed by atoms with Crippen LogP contribution >= 0.6 is 11.8 Å². The molecular weight excluding hydrogens is 288 g/mol. The minimum Gasteiger partial charge on any atom is -0.497 e. The third-order valence-electron chi connectivity index (χ3n) is 2.77. The number of hydrogen-bond acceptors (Lipinski definition) is 5. The maximum Gasteiger partial charge on any atom is 0.327 e. The zero-order chi connectivity index (χ0) is 15.1. The Morgan fingerprint density at radius 1 is 1.33 bits per heavy atom. The number of rotatable bonds is 7. The van der Waals surface area contributed by atoms with Gasteiger partial charge in [0.25, 0.3) is 0 Å². The van der Waals surface area contributed by atoms with Crippen LogP contribution in [0.4, 0.5) is 0 Å². The van der Waals surface area contributed by atoms with Crippen molar-refractivity contribution in [1.82, 2.24) is 9.78 Å². The molecule has 1 aromatic carbocycles. The van der Waals surface area contributed by atoms with Crippen LogP contribution in [0, 0.1) is 0 Å². The number of nitrogens with zero attached hydrogens (tertiary/aromatic N) is 2. The molecule has 0 fully saturated rings. The van der Waals surface area contributed by atoms with Gasteiger partial charge in [0, 0.05) is 16.8 Å². The minimum atomic E-state index is -0.271. The van der Waals surface area contributed by atoms with Gasteiger partial charge in [-0.15, -0.1) is 11.8 Å². The molecule has 2 aromatic rings. The van der Waals surface area contributed by atoms with Crippen molar-refractivity contribution in [2.24, 2.45) is 0 Å². The van der Waals surface area contributed by atoms with Crippen LogP contribution in [0.3, 0.4) is 0 Å². The van der Waals surface area contributed by atoms with Gasteiger partial charge in [0.05, 0.1) is 19.9 Å². The molecule has 112 valence electrons. The molecule has 0 radical (unpaired) electrons. The van der Waals surface area contributed by atoms with E-state index in [1.54, 1.807) is 36.7 Å². The van der Waals surface area contributed by atoms with Crippen LogP contribution in [0.2, 0.25) is 0 Å². The second-order valence-corrected chi connectivity index (χ2v) is 5.36. The second-order valence-electron chi connectivity index (χ2n) is 4.32. The molecule has 2 rings (SSSR count). The molecule has 0 aliphatic heterocycles. The molecule has 0 atom stereocenters. The van der Waals surface area contributed by atoms with Gasteiger partial charge in [0.1, 0.15) is 12.3 Å². The Labute approximate surface area is 128 Å². The number of carbonyl (C=O) groups is 1. The van der Waals surface area contributed by atoms with Crippen LogP contribution in [0.5, 0.6) is 5.75 Å². The van der Waals surface area contributed by atoms with Gasteiger partial charge >= 0.3 is 5.97 Å². The molecule has 0 bridgehead atoms. The normalized spacial score (nSPS) is 10.4. The highest BCUT2D eigenvalue weighted by Crippen LogP contribution is 2.23. The van der Waals surface area contributed by atoms with Crippen LogP contribution in [0.15, 0.2) is 41.6 Å². The number of aromatic nitrogens is 2. The largest absolute Gasteiger partial charge is 0.497 e. The number of thioether (sulfide) groups is 1. The van der Waals surface area contributed by atoms with E-state index in [4.69, 9.17) is 9.47 Å². The van der Waals surface area contributed by atoms with Gasteiger partial charge < -0.3 is 9.47 Å². The fourth-order valence-corrected chi connectivity index (χ4v) is 2.58. The summed E-state index contributed by atoms with van der Waals surface area (Å²) >= 11 is 1.67. The summed E-state index contributed by atoms with van der Waals surface area (Å²) in [5.41, 5.74) is 1.21. The van der Waals surface area contributed by atoms with Gasteiger partial charge in [-0.2, -0.15) is 5.10 Å². The van der Waals surface area contributed by atoms with E-state index in [2.05, 4.69) is 5.10 Å². The number of hydrogen-bond donors (Lipinski definition) is 0. The van der Waals surface area contributed by atoms with Crippen LogP contribution in [-0.4, -0.2) is 29.5 Å². The molecule has 6 heteroatoms. The van der Waals surface area contributed by atoms with Gasteiger partial charge in [0.15, 0.2) is 0 Å². The zero-order valence-electron chi connectivity index (χ0n) is 12.1. The Hall–Kier alpha value is -1.95. The van der Waals surface area contributed by atoms with Gasteiger partial charge in [-0.1, -0.05) is 12.1 Å². The first-order valence-corrected chi connectivity index (χ1v) is 7.63. The highest BCUT2D eigenvalue weighted by Gasteiger charge is 2.06. The van der Waals surface area contributed by atoms with Gasteiger partial charge in [0.2, 0.25) is 0 Å². The maximum absolute atomic E-state index is 11.4. The fraction of sp³-hybridized carbons (Fsp3) is 0.333. The third kappa shape index (κ3) is 4.82. The summed E-state index contributed by atoms with van der Waals surface area (Å²) in [5.74, 6) is 1.42. The van der Waals surface area contributed by atoms with E-state index in [9.17, 15) is 4.79 Å². The van der Waals surface area contributed by atoms with E-state index in [1.165, 1.54) is 5.56 Å². The molecule has 0 aliphatic carbocycles. The molecule has 0 amide bonds. The Balaban J connectivity index is 1.85. The van der Waals surface area contributed by atoms with Crippen LogP contribution < -0.4 is 4.74 Å². The first-order valence-electron chi connectivity index (χ1n) is 6.65. The van der Waals surface area contributed by atoms with Gasteiger partial charge in [-0.05, 0) is 24.6 Å². The standard InChI is InChI=1S/C15H18N2O3S/c1-3-20-15(18)10-17-9-14(8-16-17)21-11-12-4-6-13(19-2)7-5-12/h4-9H,3,10-11H2,1-2H3. The molecule has 0 N–H and O–H groups in total. The fourth-order valence-electron chi connectivity index (χ4n) is 1.73. The lowest BCUT2D eigenvalue weighted by molar-refractivity contribution is -0.144. The molecule has 0 unspecified atom stereocenters. The average Bonchev–Trinajstić information content (AvgIpc) is 2.93. The topological polar surface area (TPSA) is 53.4 Å².